The normalized spacial score (nSPS) is 14.4. The minimum atomic E-state index is -4.73. The average molecular weight is 810 g/mol. The molecular formula is C44H76NO10P. The van der Waals surface area contributed by atoms with Gasteiger partial charge in [-0.05, 0) is 51.4 Å². The van der Waals surface area contributed by atoms with E-state index in [1.54, 1.807) is 0 Å². The first kappa shape index (κ1) is 53.2. The van der Waals surface area contributed by atoms with Gasteiger partial charge in [0.05, 0.1) is 13.2 Å². The first-order valence-corrected chi connectivity index (χ1v) is 22.8. The molecule has 0 saturated carbocycles. The van der Waals surface area contributed by atoms with Crippen LogP contribution in [0, 0.1) is 0 Å². The molecule has 4 N–H and O–H groups in total. The third-order valence-corrected chi connectivity index (χ3v) is 9.73. The van der Waals surface area contributed by atoms with Crippen molar-refractivity contribution in [2.24, 2.45) is 5.73 Å². The molecule has 3 atom stereocenters. The van der Waals surface area contributed by atoms with Gasteiger partial charge in [0.1, 0.15) is 12.6 Å². The standard InChI is InChI=1S/C44H76NO10P/c1-3-5-7-9-11-13-15-17-19-20-22-24-26-28-30-32-34-36-43(47)55-40(38-53-56(50,51)54-39-41(45)44(48)49)37-52-42(46)35-33-31-29-27-25-23-21-18-16-14-12-10-8-6-4-2/h5,7,11,13,17,19,22,24,28,30,40-41H,3-4,6,8-10,12,14-16,18,20-21,23,25-27,29,31-39,45H2,1-2H3,(H,48,49)(H,50,51)/b7-5-,13-11-,19-17-,24-22-,30-28-/t40-,41+/m1/s1. The first-order valence-electron chi connectivity index (χ1n) is 21.3. The van der Waals surface area contributed by atoms with Crippen molar-refractivity contribution in [2.75, 3.05) is 19.8 Å². The number of allylic oxidation sites excluding steroid dienone is 10. The third-order valence-electron chi connectivity index (χ3n) is 8.78. The highest BCUT2D eigenvalue weighted by atomic mass is 31.2. The lowest BCUT2D eigenvalue weighted by Crippen LogP contribution is -2.34. The molecule has 0 aromatic carbocycles. The summed E-state index contributed by atoms with van der Waals surface area (Å²) in [5.74, 6) is -2.46. The summed E-state index contributed by atoms with van der Waals surface area (Å²) in [4.78, 5) is 45.9. The molecule has 56 heavy (non-hydrogen) atoms. The smallest absolute Gasteiger partial charge is 0.472 e. The fourth-order valence-corrected chi connectivity index (χ4v) is 6.23. The number of aliphatic carboxylic acids is 1. The quantitative estimate of drug-likeness (QED) is 0.0233. The van der Waals surface area contributed by atoms with Crippen LogP contribution in [0.25, 0.3) is 0 Å². The maximum absolute atomic E-state index is 12.6. The molecule has 0 amide bonds. The Bertz CT molecular complexity index is 1180. The van der Waals surface area contributed by atoms with E-state index in [1.165, 1.54) is 70.6 Å². The SMILES string of the molecule is CC/C=C\C/C=C\C/C=C\C/C=C\C/C=C\CCCC(=O)O[C@H](COC(=O)CCCCCCCCCCCCCCCCC)COP(=O)(O)OC[C@H](N)C(=O)O. The van der Waals surface area contributed by atoms with E-state index in [9.17, 15) is 23.8 Å². The van der Waals surface area contributed by atoms with E-state index in [0.29, 0.717) is 19.3 Å². The number of ether oxygens (including phenoxy) is 2. The van der Waals surface area contributed by atoms with Crippen LogP contribution in [0.15, 0.2) is 60.8 Å². The summed E-state index contributed by atoms with van der Waals surface area (Å²) in [7, 11) is -4.73. The molecule has 1 unspecified atom stereocenters. The maximum atomic E-state index is 12.6. The Balaban J connectivity index is 4.48. The highest BCUT2D eigenvalue weighted by molar-refractivity contribution is 7.47. The van der Waals surface area contributed by atoms with Gasteiger partial charge in [0.15, 0.2) is 6.10 Å². The Morgan fingerprint density at radius 3 is 1.48 bits per heavy atom. The maximum Gasteiger partial charge on any atom is 0.472 e. The highest BCUT2D eigenvalue weighted by Gasteiger charge is 2.28. The van der Waals surface area contributed by atoms with Crippen molar-refractivity contribution in [3.63, 3.8) is 0 Å². The Kier molecular flexibility index (Phi) is 37.1. The first-order chi connectivity index (χ1) is 27.1. The number of rotatable bonds is 39. The van der Waals surface area contributed by atoms with Crippen LogP contribution >= 0.6 is 7.82 Å². The van der Waals surface area contributed by atoms with E-state index in [0.717, 1.165) is 51.4 Å². The van der Waals surface area contributed by atoms with E-state index in [-0.39, 0.29) is 19.4 Å². The average Bonchev–Trinajstić information content (AvgIpc) is 3.17. The molecule has 0 radical (unpaired) electrons. The molecule has 0 bridgehead atoms. The summed E-state index contributed by atoms with van der Waals surface area (Å²) < 4.78 is 32.6. The molecule has 0 spiro atoms. The number of carbonyl (C=O) groups is 3. The lowest BCUT2D eigenvalue weighted by Gasteiger charge is -2.20. The Morgan fingerprint density at radius 2 is 1.00 bits per heavy atom. The molecule has 322 valence electrons. The zero-order valence-electron chi connectivity index (χ0n) is 34.7. The summed E-state index contributed by atoms with van der Waals surface area (Å²) in [5, 5.41) is 8.88. The zero-order chi connectivity index (χ0) is 41.4. The van der Waals surface area contributed by atoms with Crippen molar-refractivity contribution < 1.29 is 47.5 Å². The van der Waals surface area contributed by atoms with Crippen molar-refractivity contribution in [1.29, 1.82) is 0 Å². The lowest BCUT2D eigenvalue weighted by molar-refractivity contribution is -0.161. The third kappa shape index (κ3) is 38.1. The van der Waals surface area contributed by atoms with Crippen molar-refractivity contribution >= 4 is 25.7 Å². The second kappa shape index (κ2) is 39.0. The zero-order valence-corrected chi connectivity index (χ0v) is 35.6. The number of carbonyl (C=O) groups excluding carboxylic acids is 2. The monoisotopic (exact) mass is 810 g/mol. The number of carboxylic acid groups (broad SMARTS) is 1. The van der Waals surface area contributed by atoms with E-state index < -0.39 is 51.1 Å². The second-order valence-corrected chi connectivity index (χ2v) is 15.6. The Labute approximate surface area is 338 Å². The van der Waals surface area contributed by atoms with Gasteiger partial charge in [-0.15, -0.1) is 0 Å². The lowest BCUT2D eigenvalue weighted by atomic mass is 10.0. The van der Waals surface area contributed by atoms with Crippen LogP contribution in [0.2, 0.25) is 0 Å². The van der Waals surface area contributed by atoms with Gasteiger partial charge in [-0.25, -0.2) is 4.57 Å². The van der Waals surface area contributed by atoms with Crippen molar-refractivity contribution in [2.45, 2.75) is 180 Å². The van der Waals surface area contributed by atoms with Gasteiger partial charge < -0.3 is 25.2 Å². The molecule has 0 rings (SSSR count). The minimum Gasteiger partial charge on any atom is -0.480 e. The van der Waals surface area contributed by atoms with Gasteiger partial charge in [-0.3, -0.25) is 23.4 Å². The highest BCUT2D eigenvalue weighted by Crippen LogP contribution is 2.43. The van der Waals surface area contributed by atoms with E-state index in [4.69, 9.17) is 24.8 Å². The largest absolute Gasteiger partial charge is 0.480 e. The molecular weight excluding hydrogens is 733 g/mol. The fraction of sp³-hybridized carbons (Fsp3) is 0.705. The molecule has 0 aromatic rings. The summed E-state index contributed by atoms with van der Waals surface area (Å²) in [6.45, 7) is 2.63. The summed E-state index contributed by atoms with van der Waals surface area (Å²) in [6.07, 6.45) is 44.4. The van der Waals surface area contributed by atoms with Crippen molar-refractivity contribution in [3.8, 4) is 0 Å². The topological polar surface area (TPSA) is 172 Å². The molecule has 0 aliphatic carbocycles. The van der Waals surface area contributed by atoms with Crippen molar-refractivity contribution in [3.05, 3.63) is 60.8 Å². The van der Waals surface area contributed by atoms with E-state index in [1.807, 2.05) is 12.2 Å². The van der Waals surface area contributed by atoms with E-state index in [2.05, 4.69) is 67.0 Å². The van der Waals surface area contributed by atoms with Gasteiger partial charge in [-0.2, -0.15) is 0 Å². The molecule has 0 heterocycles. The molecule has 0 aromatic heterocycles. The predicted octanol–water partition coefficient (Wildman–Crippen LogP) is 11.2. The van der Waals surface area contributed by atoms with Crippen LogP contribution < -0.4 is 5.73 Å². The summed E-state index contributed by atoms with van der Waals surface area (Å²) in [5.41, 5.74) is 5.32. The number of nitrogens with two attached hydrogens (primary N) is 1. The molecule has 12 heteroatoms. The minimum absolute atomic E-state index is 0.0820. The molecule has 0 aliphatic heterocycles. The number of phosphoric ester groups is 1. The number of esters is 2. The number of carboxylic acids is 1. The Hall–Kier alpha value is -2.82. The van der Waals surface area contributed by atoms with Gasteiger partial charge in [0.25, 0.3) is 0 Å². The fourth-order valence-electron chi connectivity index (χ4n) is 5.45. The molecule has 0 fully saturated rings. The van der Waals surface area contributed by atoms with Gasteiger partial charge in [-0.1, -0.05) is 164 Å². The van der Waals surface area contributed by atoms with Crippen molar-refractivity contribution in [1.82, 2.24) is 0 Å². The van der Waals surface area contributed by atoms with Gasteiger partial charge in [0, 0.05) is 12.8 Å². The van der Waals surface area contributed by atoms with Crippen LogP contribution in [-0.4, -0.2) is 59.9 Å². The molecule has 11 nitrogen and oxygen atoms in total. The van der Waals surface area contributed by atoms with Gasteiger partial charge >= 0.3 is 25.7 Å². The Morgan fingerprint density at radius 1 is 0.571 bits per heavy atom. The summed E-state index contributed by atoms with van der Waals surface area (Å²) >= 11 is 0. The van der Waals surface area contributed by atoms with Crippen LogP contribution in [0.5, 0.6) is 0 Å². The second-order valence-electron chi connectivity index (χ2n) is 14.1. The number of hydrogen-bond donors (Lipinski definition) is 3. The molecule has 0 saturated heterocycles. The summed E-state index contributed by atoms with van der Waals surface area (Å²) in [6, 6.07) is -1.53. The predicted molar refractivity (Wildman–Crippen MR) is 226 cm³/mol. The van der Waals surface area contributed by atoms with Crippen LogP contribution in [0.3, 0.4) is 0 Å². The van der Waals surface area contributed by atoms with Crippen LogP contribution in [-0.2, 0) is 37.5 Å². The number of hydrogen-bond acceptors (Lipinski definition) is 9. The van der Waals surface area contributed by atoms with Gasteiger partial charge in [0.2, 0.25) is 0 Å². The van der Waals surface area contributed by atoms with E-state index >= 15 is 0 Å². The van der Waals surface area contributed by atoms with Crippen LogP contribution in [0.1, 0.15) is 168 Å². The molecule has 0 aliphatic rings. The van der Waals surface area contributed by atoms with Crippen LogP contribution in [0.4, 0.5) is 0 Å². The number of phosphoric acid groups is 1. The number of unbranched alkanes of at least 4 members (excludes halogenated alkanes) is 15.